The maximum Gasteiger partial charge on any atom is 0.255 e. The lowest BCUT2D eigenvalue weighted by molar-refractivity contribution is -0.122. The predicted molar refractivity (Wildman–Crippen MR) is 116 cm³/mol. The third-order valence-corrected chi connectivity index (χ3v) is 6.21. The topological polar surface area (TPSA) is 84.9 Å². The fraction of sp³-hybridized carbons (Fsp3) is 0.375. The van der Waals surface area contributed by atoms with Gasteiger partial charge in [0.1, 0.15) is 11.5 Å². The Balaban J connectivity index is 1.57. The first-order valence-electron chi connectivity index (χ1n) is 10.4. The average Bonchev–Trinajstić information content (AvgIpc) is 3.03. The second-order valence-corrected chi connectivity index (χ2v) is 8.21. The minimum absolute atomic E-state index is 0.156. The molecule has 31 heavy (non-hydrogen) atoms. The predicted octanol–water partition coefficient (Wildman–Crippen LogP) is 3.88. The largest absolute Gasteiger partial charge is 0.497 e. The lowest BCUT2D eigenvalue weighted by Crippen LogP contribution is -2.31. The van der Waals surface area contributed by atoms with Crippen LogP contribution in [0.1, 0.15) is 36.5 Å². The Labute approximate surface area is 181 Å². The van der Waals surface area contributed by atoms with Crippen LogP contribution in [0.3, 0.4) is 0 Å². The van der Waals surface area contributed by atoms with E-state index in [1.165, 1.54) is 12.0 Å². The molecule has 0 radical (unpaired) electrons. The number of benzene rings is 2. The number of anilines is 2. The van der Waals surface area contributed by atoms with E-state index in [4.69, 9.17) is 9.47 Å². The molecule has 7 nitrogen and oxygen atoms in total. The molecule has 0 aromatic heterocycles. The Hall–Kier alpha value is -3.35. The monoisotopic (exact) mass is 422 g/mol. The van der Waals surface area contributed by atoms with Crippen molar-refractivity contribution in [2.45, 2.75) is 26.2 Å². The molecule has 3 atom stereocenters. The van der Waals surface area contributed by atoms with E-state index in [-0.39, 0.29) is 29.6 Å². The standard InChI is InChI=1S/C24H26N2O5/c1-14-7-9-18-19(11-14)24(29)26(23(18)28)16-6-4-5-15(12-16)22(27)25-20-10-8-17(30-2)13-21(20)31-3/h4-6,8,10,12-14,18-19H,7,9,11H2,1-3H3,(H,25,27)/t14-,18-,19-/m1/s1. The van der Waals surface area contributed by atoms with E-state index in [2.05, 4.69) is 12.2 Å². The number of rotatable bonds is 5. The molecule has 3 amide bonds. The molecule has 2 aromatic carbocycles. The van der Waals surface area contributed by atoms with Gasteiger partial charge in [-0.05, 0) is 55.5 Å². The molecule has 2 aliphatic rings. The molecule has 7 heteroatoms. The van der Waals surface area contributed by atoms with Crippen LogP contribution in [-0.2, 0) is 9.59 Å². The second kappa shape index (κ2) is 8.41. The molecule has 2 aromatic rings. The minimum Gasteiger partial charge on any atom is -0.497 e. The van der Waals surface area contributed by atoms with Gasteiger partial charge in [0.2, 0.25) is 11.8 Å². The molecule has 1 N–H and O–H groups in total. The van der Waals surface area contributed by atoms with E-state index in [0.29, 0.717) is 34.4 Å². The number of imide groups is 1. The van der Waals surface area contributed by atoms with E-state index < -0.39 is 0 Å². The van der Waals surface area contributed by atoms with Crippen molar-refractivity contribution in [3.8, 4) is 11.5 Å². The second-order valence-electron chi connectivity index (χ2n) is 8.21. The summed E-state index contributed by atoms with van der Waals surface area (Å²) in [6.07, 6.45) is 2.44. The van der Waals surface area contributed by atoms with Crippen molar-refractivity contribution in [3.63, 3.8) is 0 Å². The molecule has 1 aliphatic carbocycles. The highest BCUT2D eigenvalue weighted by atomic mass is 16.5. The lowest BCUT2D eigenvalue weighted by atomic mass is 9.76. The summed E-state index contributed by atoms with van der Waals surface area (Å²) in [7, 11) is 3.06. The summed E-state index contributed by atoms with van der Waals surface area (Å²) in [5, 5.41) is 2.82. The summed E-state index contributed by atoms with van der Waals surface area (Å²) in [6.45, 7) is 2.12. The number of amides is 3. The van der Waals surface area contributed by atoms with Crippen LogP contribution in [0.25, 0.3) is 0 Å². The smallest absolute Gasteiger partial charge is 0.255 e. The molecule has 1 saturated carbocycles. The van der Waals surface area contributed by atoms with Gasteiger partial charge in [0.25, 0.3) is 5.91 Å². The van der Waals surface area contributed by atoms with Crippen LogP contribution in [0.5, 0.6) is 11.5 Å². The molecule has 1 heterocycles. The maximum atomic E-state index is 13.0. The van der Waals surface area contributed by atoms with Crippen LogP contribution in [0.15, 0.2) is 42.5 Å². The molecule has 2 fully saturated rings. The van der Waals surface area contributed by atoms with Crippen molar-refractivity contribution in [2.24, 2.45) is 17.8 Å². The van der Waals surface area contributed by atoms with Gasteiger partial charge in [0, 0.05) is 11.6 Å². The Kier molecular flexibility index (Phi) is 5.67. The van der Waals surface area contributed by atoms with Gasteiger partial charge in [-0.3, -0.25) is 19.3 Å². The number of nitrogens with zero attached hydrogens (tertiary/aromatic N) is 1. The molecule has 162 valence electrons. The first kappa shape index (κ1) is 20.9. The number of hydrogen-bond acceptors (Lipinski definition) is 5. The van der Waals surface area contributed by atoms with E-state index in [9.17, 15) is 14.4 Å². The molecular formula is C24H26N2O5. The third-order valence-electron chi connectivity index (χ3n) is 6.21. The first-order valence-corrected chi connectivity index (χ1v) is 10.4. The zero-order valence-electron chi connectivity index (χ0n) is 17.9. The van der Waals surface area contributed by atoms with Gasteiger partial charge in [-0.25, -0.2) is 0 Å². The summed E-state index contributed by atoms with van der Waals surface area (Å²) in [5.74, 6) is 0.338. The summed E-state index contributed by atoms with van der Waals surface area (Å²) < 4.78 is 10.5. The van der Waals surface area contributed by atoms with Gasteiger partial charge in [-0.2, -0.15) is 0 Å². The van der Waals surface area contributed by atoms with Gasteiger partial charge in [0.05, 0.1) is 37.4 Å². The summed E-state index contributed by atoms with van der Waals surface area (Å²) in [5.41, 5.74) is 1.28. The number of carbonyl (C=O) groups is 3. The lowest BCUT2D eigenvalue weighted by Gasteiger charge is -2.25. The minimum atomic E-state index is -0.365. The van der Waals surface area contributed by atoms with Crippen molar-refractivity contribution in [2.75, 3.05) is 24.4 Å². The average molecular weight is 422 g/mol. The summed E-state index contributed by atoms with van der Waals surface area (Å²) >= 11 is 0. The Morgan fingerprint density at radius 2 is 1.77 bits per heavy atom. The Bertz CT molecular complexity index is 1030. The number of nitrogens with one attached hydrogen (secondary N) is 1. The van der Waals surface area contributed by atoms with Crippen LogP contribution < -0.4 is 19.7 Å². The number of methoxy groups -OCH3 is 2. The fourth-order valence-corrected chi connectivity index (χ4v) is 4.53. The van der Waals surface area contributed by atoms with Gasteiger partial charge >= 0.3 is 0 Å². The highest BCUT2D eigenvalue weighted by Crippen LogP contribution is 2.42. The van der Waals surface area contributed by atoms with E-state index in [0.717, 1.165) is 19.3 Å². The quantitative estimate of drug-likeness (QED) is 0.739. The van der Waals surface area contributed by atoms with E-state index >= 15 is 0 Å². The molecule has 1 saturated heterocycles. The van der Waals surface area contributed by atoms with Crippen molar-refractivity contribution in [1.29, 1.82) is 0 Å². The maximum absolute atomic E-state index is 13.0. The van der Waals surface area contributed by atoms with Crippen LogP contribution in [0.2, 0.25) is 0 Å². The molecule has 0 spiro atoms. The van der Waals surface area contributed by atoms with Crippen molar-refractivity contribution >= 4 is 29.1 Å². The van der Waals surface area contributed by atoms with E-state index in [1.807, 2.05) is 0 Å². The van der Waals surface area contributed by atoms with Crippen molar-refractivity contribution in [1.82, 2.24) is 0 Å². The highest BCUT2D eigenvalue weighted by Gasteiger charge is 2.50. The summed E-state index contributed by atoms with van der Waals surface area (Å²) in [4.78, 5) is 40.1. The third kappa shape index (κ3) is 3.87. The summed E-state index contributed by atoms with van der Waals surface area (Å²) in [6, 6.07) is 11.7. The number of fused-ring (bicyclic) bond motifs is 1. The van der Waals surface area contributed by atoms with Crippen LogP contribution in [0.4, 0.5) is 11.4 Å². The molecule has 0 bridgehead atoms. The SMILES string of the molecule is COc1ccc(NC(=O)c2cccc(N3C(=O)[C@@H]4CC[C@@H](C)C[C@H]4C3=O)c2)c(OC)c1. The zero-order valence-corrected chi connectivity index (χ0v) is 17.9. The zero-order chi connectivity index (χ0) is 22.1. The molecule has 0 unspecified atom stereocenters. The van der Waals surface area contributed by atoms with Crippen LogP contribution in [0, 0.1) is 17.8 Å². The van der Waals surface area contributed by atoms with Gasteiger partial charge in [-0.15, -0.1) is 0 Å². The highest BCUT2D eigenvalue weighted by molar-refractivity contribution is 6.22. The Morgan fingerprint density at radius 1 is 1.00 bits per heavy atom. The number of hydrogen-bond donors (Lipinski definition) is 1. The number of ether oxygens (including phenoxy) is 2. The van der Waals surface area contributed by atoms with Gasteiger partial charge in [-0.1, -0.05) is 13.0 Å². The molecule has 4 rings (SSSR count). The van der Waals surface area contributed by atoms with E-state index in [1.54, 1.807) is 49.6 Å². The normalized spacial score (nSPS) is 22.8. The molecular weight excluding hydrogens is 396 g/mol. The van der Waals surface area contributed by atoms with Gasteiger partial charge < -0.3 is 14.8 Å². The fourth-order valence-electron chi connectivity index (χ4n) is 4.53. The van der Waals surface area contributed by atoms with Crippen molar-refractivity contribution < 1.29 is 23.9 Å². The van der Waals surface area contributed by atoms with Crippen LogP contribution in [-0.4, -0.2) is 31.9 Å². The Morgan fingerprint density at radius 3 is 2.52 bits per heavy atom. The first-order chi connectivity index (χ1) is 14.9. The number of carbonyl (C=O) groups excluding carboxylic acids is 3. The van der Waals surface area contributed by atoms with Crippen molar-refractivity contribution in [3.05, 3.63) is 48.0 Å². The van der Waals surface area contributed by atoms with Crippen LogP contribution >= 0.6 is 0 Å². The van der Waals surface area contributed by atoms with Gasteiger partial charge in [0.15, 0.2) is 0 Å². The molecule has 1 aliphatic heterocycles.